The third-order valence-corrected chi connectivity index (χ3v) is 5.88. The zero-order valence-corrected chi connectivity index (χ0v) is 21.9. The number of anilines is 1. The van der Waals surface area contributed by atoms with Gasteiger partial charge in [-0.1, -0.05) is 11.2 Å². The van der Waals surface area contributed by atoms with Crippen LogP contribution in [0, 0.1) is 25.2 Å². The first-order valence-corrected chi connectivity index (χ1v) is 12.4. The van der Waals surface area contributed by atoms with Crippen molar-refractivity contribution in [3.8, 4) is 12.3 Å². The highest BCUT2D eigenvalue weighted by atomic mass is 16.5. The number of pyridine rings is 1. The number of nitrogens with one attached hydrogen (secondary N) is 3. The van der Waals surface area contributed by atoms with Gasteiger partial charge >= 0.3 is 5.97 Å². The molecule has 39 heavy (non-hydrogen) atoms. The molecule has 0 bridgehead atoms. The Labute approximate surface area is 225 Å². The van der Waals surface area contributed by atoms with E-state index >= 15 is 0 Å². The number of rotatable bonds is 11. The summed E-state index contributed by atoms with van der Waals surface area (Å²) in [6, 6.07) is 2.44. The highest BCUT2D eigenvalue weighted by Crippen LogP contribution is 2.19. The van der Waals surface area contributed by atoms with Gasteiger partial charge in [-0.05, 0) is 45.7 Å². The SMILES string of the molecule is C#CCC(C(=O)NC(C=CC(=O)OC(C)C)CC1CCNC1=O)n1cccc(NC(=O)c2cc(C)on2)c1=O. The van der Waals surface area contributed by atoms with Gasteiger partial charge in [0.25, 0.3) is 11.5 Å². The van der Waals surface area contributed by atoms with Crippen molar-refractivity contribution in [2.45, 2.75) is 58.2 Å². The maximum Gasteiger partial charge on any atom is 0.330 e. The average molecular weight is 538 g/mol. The van der Waals surface area contributed by atoms with Crippen LogP contribution in [0.1, 0.15) is 55.4 Å². The van der Waals surface area contributed by atoms with Gasteiger partial charge in [-0.15, -0.1) is 12.3 Å². The lowest BCUT2D eigenvalue weighted by Gasteiger charge is -2.23. The van der Waals surface area contributed by atoms with E-state index in [0.717, 1.165) is 4.57 Å². The lowest BCUT2D eigenvalue weighted by atomic mass is 9.97. The molecule has 3 heterocycles. The van der Waals surface area contributed by atoms with Crippen LogP contribution in [-0.4, -0.2) is 52.1 Å². The number of hydrogen-bond donors (Lipinski definition) is 3. The van der Waals surface area contributed by atoms with E-state index in [4.69, 9.17) is 15.7 Å². The van der Waals surface area contributed by atoms with Crippen molar-refractivity contribution < 1.29 is 28.4 Å². The van der Waals surface area contributed by atoms with Crippen LogP contribution >= 0.6 is 0 Å². The van der Waals surface area contributed by atoms with Crippen LogP contribution in [0.4, 0.5) is 5.69 Å². The maximum atomic E-state index is 13.4. The normalized spacial score (nSPS) is 16.4. The Morgan fingerprint density at radius 3 is 2.74 bits per heavy atom. The number of ether oxygens (including phenoxy) is 1. The molecule has 12 nitrogen and oxygen atoms in total. The van der Waals surface area contributed by atoms with Crippen LogP contribution < -0.4 is 21.5 Å². The standard InChI is InChI=1S/C27H31N5O7/c1-5-7-22(32-13-6-8-20(27(32)37)30-25(35)21-14-17(4)39-31-21)26(36)29-19(9-10-23(33)38-16(2)3)15-18-11-12-28-24(18)34/h1,6,8-10,13-14,16,18-19,22H,7,11-12,15H2,2-4H3,(H,28,34)(H,29,36)(H,30,35). The fourth-order valence-corrected chi connectivity index (χ4v) is 4.05. The topological polar surface area (TPSA) is 162 Å². The fourth-order valence-electron chi connectivity index (χ4n) is 4.05. The van der Waals surface area contributed by atoms with E-state index in [0.29, 0.717) is 18.7 Å². The van der Waals surface area contributed by atoms with Crippen LogP contribution in [0.2, 0.25) is 0 Å². The van der Waals surface area contributed by atoms with Crippen molar-refractivity contribution in [2.24, 2.45) is 5.92 Å². The molecule has 3 atom stereocenters. The minimum absolute atomic E-state index is 0.0122. The molecular weight excluding hydrogens is 506 g/mol. The number of aromatic nitrogens is 2. The molecule has 2 aromatic rings. The Kier molecular flexibility index (Phi) is 9.80. The van der Waals surface area contributed by atoms with Crippen molar-refractivity contribution in [1.82, 2.24) is 20.4 Å². The minimum Gasteiger partial charge on any atom is -0.460 e. The molecule has 2 aromatic heterocycles. The van der Waals surface area contributed by atoms with Gasteiger partial charge in [0.15, 0.2) is 5.69 Å². The highest BCUT2D eigenvalue weighted by Gasteiger charge is 2.29. The Morgan fingerprint density at radius 2 is 2.13 bits per heavy atom. The predicted molar refractivity (Wildman–Crippen MR) is 140 cm³/mol. The summed E-state index contributed by atoms with van der Waals surface area (Å²) in [5, 5.41) is 11.6. The second-order valence-electron chi connectivity index (χ2n) is 9.31. The van der Waals surface area contributed by atoms with E-state index in [1.807, 2.05) is 0 Å². The number of carbonyl (C=O) groups excluding carboxylic acids is 4. The summed E-state index contributed by atoms with van der Waals surface area (Å²) < 4.78 is 11.1. The quantitative estimate of drug-likeness (QED) is 0.221. The summed E-state index contributed by atoms with van der Waals surface area (Å²) in [7, 11) is 0. The van der Waals surface area contributed by atoms with E-state index in [1.54, 1.807) is 20.8 Å². The number of amides is 3. The minimum atomic E-state index is -1.13. The van der Waals surface area contributed by atoms with Crippen LogP contribution in [0.5, 0.6) is 0 Å². The zero-order valence-electron chi connectivity index (χ0n) is 21.9. The van der Waals surface area contributed by atoms with E-state index in [1.165, 1.54) is 36.5 Å². The number of esters is 1. The number of hydrogen-bond acceptors (Lipinski definition) is 8. The summed E-state index contributed by atoms with van der Waals surface area (Å²) >= 11 is 0. The molecule has 1 aliphatic heterocycles. The van der Waals surface area contributed by atoms with Gasteiger partial charge in [-0.2, -0.15) is 0 Å². The average Bonchev–Trinajstić information content (AvgIpc) is 3.50. The van der Waals surface area contributed by atoms with Gasteiger partial charge in [-0.25, -0.2) is 4.79 Å². The molecule has 1 fully saturated rings. The molecule has 12 heteroatoms. The van der Waals surface area contributed by atoms with Crippen molar-refractivity contribution in [3.63, 3.8) is 0 Å². The number of terminal acetylenes is 1. The summed E-state index contributed by atoms with van der Waals surface area (Å²) in [5.41, 5.74) is -0.764. The summed E-state index contributed by atoms with van der Waals surface area (Å²) in [4.78, 5) is 63.3. The Balaban J connectivity index is 1.83. The first-order valence-electron chi connectivity index (χ1n) is 12.4. The lowest BCUT2D eigenvalue weighted by Crippen LogP contribution is -2.43. The van der Waals surface area contributed by atoms with E-state index in [-0.39, 0.29) is 42.2 Å². The summed E-state index contributed by atoms with van der Waals surface area (Å²) in [6.45, 7) is 5.56. The smallest absolute Gasteiger partial charge is 0.330 e. The predicted octanol–water partition coefficient (Wildman–Crippen LogP) is 1.48. The van der Waals surface area contributed by atoms with Gasteiger partial charge in [0.2, 0.25) is 11.8 Å². The number of carbonyl (C=O) groups is 4. The molecule has 3 unspecified atom stereocenters. The van der Waals surface area contributed by atoms with E-state index in [9.17, 15) is 24.0 Å². The molecule has 3 rings (SSSR count). The molecule has 3 N–H and O–H groups in total. The van der Waals surface area contributed by atoms with Gasteiger partial charge in [-0.3, -0.25) is 19.2 Å². The first-order chi connectivity index (χ1) is 18.6. The van der Waals surface area contributed by atoms with Crippen molar-refractivity contribution >= 4 is 29.4 Å². The molecule has 1 saturated heterocycles. The van der Waals surface area contributed by atoms with Gasteiger partial charge in [0, 0.05) is 43.3 Å². The third kappa shape index (κ3) is 7.91. The molecular formula is C27H31N5O7. The monoisotopic (exact) mass is 537 g/mol. The fraction of sp³-hybridized carbons (Fsp3) is 0.407. The molecule has 0 radical (unpaired) electrons. The van der Waals surface area contributed by atoms with Crippen molar-refractivity contribution in [3.05, 3.63) is 58.4 Å². The van der Waals surface area contributed by atoms with E-state index < -0.39 is 35.4 Å². The molecule has 1 aliphatic rings. The second kappa shape index (κ2) is 13.2. The van der Waals surface area contributed by atoms with Crippen LogP contribution in [0.25, 0.3) is 0 Å². The Hall–Kier alpha value is -4.66. The summed E-state index contributed by atoms with van der Waals surface area (Å²) in [6.07, 6.45) is 9.90. The lowest BCUT2D eigenvalue weighted by molar-refractivity contribution is -0.141. The highest BCUT2D eigenvalue weighted by molar-refractivity contribution is 6.02. The van der Waals surface area contributed by atoms with Crippen LogP contribution in [0.3, 0.4) is 0 Å². The Bertz CT molecular complexity index is 1350. The van der Waals surface area contributed by atoms with Crippen molar-refractivity contribution in [2.75, 3.05) is 11.9 Å². The van der Waals surface area contributed by atoms with Gasteiger partial charge in [0.1, 0.15) is 17.5 Å². The largest absolute Gasteiger partial charge is 0.460 e. The van der Waals surface area contributed by atoms with Crippen LogP contribution in [0.15, 0.2) is 45.9 Å². The van der Waals surface area contributed by atoms with E-state index in [2.05, 4.69) is 27.0 Å². The first kappa shape index (κ1) is 28.9. The number of nitrogens with zero attached hydrogens (tertiary/aromatic N) is 2. The van der Waals surface area contributed by atoms with Gasteiger partial charge in [0.05, 0.1) is 6.10 Å². The maximum absolute atomic E-state index is 13.4. The second-order valence-corrected chi connectivity index (χ2v) is 9.31. The molecule has 0 saturated carbocycles. The Morgan fingerprint density at radius 1 is 1.36 bits per heavy atom. The van der Waals surface area contributed by atoms with Crippen LogP contribution in [-0.2, 0) is 19.1 Å². The third-order valence-electron chi connectivity index (χ3n) is 5.88. The molecule has 206 valence electrons. The number of aryl methyl sites for hydroxylation is 1. The molecule has 0 aromatic carbocycles. The van der Waals surface area contributed by atoms with Crippen molar-refractivity contribution in [1.29, 1.82) is 0 Å². The summed E-state index contributed by atoms with van der Waals surface area (Å²) in [5.74, 6) is 0.459. The van der Waals surface area contributed by atoms with Gasteiger partial charge < -0.3 is 29.8 Å². The zero-order chi connectivity index (χ0) is 28.5. The molecule has 3 amide bonds. The molecule has 0 spiro atoms. The molecule has 0 aliphatic carbocycles.